The van der Waals surface area contributed by atoms with Crippen molar-refractivity contribution in [2.24, 2.45) is 0 Å². The minimum Gasteiger partial charge on any atom is -0.497 e. The van der Waals surface area contributed by atoms with E-state index in [4.69, 9.17) is 4.74 Å². The van der Waals surface area contributed by atoms with Gasteiger partial charge in [0.2, 0.25) is 11.8 Å². The van der Waals surface area contributed by atoms with Gasteiger partial charge in [0.05, 0.1) is 25.6 Å². The molecule has 1 aliphatic rings. The van der Waals surface area contributed by atoms with Gasteiger partial charge in [-0.25, -0.2) is 0 Å². The van der Waals surface area contributed by atoms with Crippen molar-refractivity contribution >= 4 is 17.9 Å². The Morgan fingerprint density at radius 3 is 2.56 bits per heavy atom. The van der Waals surface area contributed by atoms with Crippen LogP contribution in [0.5, 0.6) is 5.75 Å². The van der Waals surface area contributed by atoms with Gasteiger partial charge in [0, 0.05) is 19.7 Å². The normalized spacial score (nSPS) is 15.9. The molecule has 0 spiro atoms. The number of hydrogen-bond donors (Lipinski definition) is 1. The Balaban J connectivity index is 1.75. The molecule has 0 fully saturated rings. The van der Waals surface area contributed by atoms with E-state index >= 15 is 0 Å². The number of nitrogens with zero attached hydrogens (tertiary/aromatic N) is 2. The first-order valence-corrected chi connectivity index (χ1v) is 11.2. The minimum atomic E-state index is -0.308. The van der Waals surface area contributed by atoms with Gasteiger partial charge in [0.25, 0.3) is 0 Å². The van der Waals surface area contributed by atoms with E-state index in [2.05, 4.69) is 30.1 Å². The first-order chi connectivity index (χ1) is 15.5. The molecule has 6 heteroatoms. The monoisotopic (exact) mass is 435 g/mol. The molecule has 2 aromatic rings. The van der Waals surface area contributed by atoms with Crippen LogP contribution in [0.1, 0.15) is 56.0 Å². The molecule has 170 valence electrons. The Labute approximate surface area is 190 Å². The van der Waals surface area contributed by atoms with E-state index in [0.29, 0.717) is 6.54 Å². The number of rotatable bonds is 9. The third kappa shape index (κ3) is 5.37. The van der Waals surface area contributed by atoms with Gasteiger partial charge < -0.3 is 15.0 Å². The third-order valence-electron chi connectivity index (χ3n) is 6.07. The molecule has 2 aromatic carbocycles. The largest absolute Gasteiger partial charge is 0.497 e. The van der Waals surface area contributed by atoms with Crippen molar-refractivity contribution in [1.82, 2.24) is 15.1 Å². The summed E-state index contributed by atoms with van der Waals surface area (Å²) in [6.45, 7) is 7.99. The fourth-order valence-electron chi connectivity index (χ4n) is 4.34. The topological polar surface area (TPSA) is 61.9 Å². The highest BCUT2D eigenvalue weighted by molar-refractivity contribution is 5.81. The van der Waals surface area contributed by atoms with E-state index in [1.165, 1.54) is 6.92 Å². The molecule has 1 aliphatic heterocycles. The quantitative estimate of drug-likeness (QED) is 0.643. The van der Waals surface area contributed by atoms with Crippen LogP contribution in [0.15, 0.2) is 54.7 Å². The fourth-order valence-corrected chi connectivity index (χ4v) is 4.34. The lowest BCUT2D eigenvalue weighted by Crippen LogP contribution is -2.40. The number of hydrogen-bond acceptors (Lipinski definition) is 4. The van der Waals surface area contributed by atoms with E-state index in [-0.39, 0.29) is 30.3 Å². The minimum absolute atomic E-state index is 0.0338. The van der Waals surface area contributed by atoms with Crippen LogP contribution in [0.25, 0.3) is 6.08 Å². The molecular formula is C26H33N3O3. The molecule has 6 nitrogen and oxygen atoms in total. The maximum atomic E-state index is 13.0. The molecule has 2 amide bonds. The number of fused-ring (bicyclic) bond motifs is 1. The number of methoxy groups -OCH3 is 1. The van der Waals surface area contributed by atoms with Crippen LogP contribution in [0.4, 0.5) is 0 Å². The number of carbonyl (C=O) groups excluding carboxylic acids is 2. The molecule has 0 aliphatic carbocycles. The van der Waals surface area contributed by atoms with E-state index in [1.54, 1.807) is 18.2 Å². The molecule has 0 radical (unpaired) electrons. The zero-order valence-electron chi connectivity index (χ0n) is 19.4. The van der Waals surface area contributed by atoms with Crippen molar-refractivity contribution in [3.8, 4) is 5.75 Å². The Morgan fingerprint density at radius 1 is 1.12 bits per heavy atom. The summed E-state index contributed by atoms with van der Waals surface area (Å²) < 4.78 is 5.40. The summed E-state index contributed by atoms with van der Waals surface area (Å²) in [5, 5.41) is 3.12. The van der Waals surface area contributed by atoms with Gasteiger partial charge in [-0.15, -0.1) is 0 Å². The van der Waals surface area contributed by atoms with Gasteiger partial charge in [-0.3, -0.25) is 14.5 Å². The highest BCUT2D eigenvalue weighted by Gasteiger charge is 2.28. The van der Waals surface area contributed by atoms with Gasteiger partial charge in [-0.1, -0.05) is 50.2 Å². The first-order valence-electron chi connectivity index (χ1n) is 11.2. The third-order valence-corrected chi connectivity index (χ3v) is 6.07. The van der Waals surface area contributed by atoms with E-state index in [0.717, 1.165) is 35.5 Å². The van der Waals surface area contributed by atoms with Crippen molar-refractivity contribution in [3.63, 3.8) is 0 Å². The number of carbonyl (C=O) groups is 2. The summed E-state index contributed by atoms with van der Waals surface area (Å²) in [5.74, 6) is 0.644. The summed E-state index contributed by atoms with van der Waals surface area (Å²) in [6.07, 6.45) is 3.91. The van der Waals surface area contributed by atoms with Gasteiger partial charge in [-0.2, -0.15) is 0 Å². The lowest BCUT2D eigenvalue weighted by molar-refractivity contribution is -0.130. The summed E-state index contributed by atoms with van der Waals surface area (Å²) in [5.41, 5.74) is 3.14. The van der Waals surface area contributed by atoms with Crippen molar-refractivity contribution in [1.29, 1.82) is 0 Å². The molecule has 0 bridgehead atoms. The Bertz CT molecular complexity index is 968. The van der Waals surface area contributed by atoms with Gasteiger partial charge in [0.15, 0.2) is 0 Å². The van der Waals surface area contributed by atoms with Crippen LogP contribution in [0.2, 0.25) is 0 Å². The average Bonchev–Trinajstić information content (AvgIpc) is 2.81. The molecule has 1 N–H and O–H groups in total. The van der Waals surface area contributed by atoms with Crippen molar-refractivity contribution in [3.05, 3.63) is 71.4 Å². The van der Waals surface area contributed by atoms with Crippen molar-refractivity contribution < 1.29 is 14.3 Å². The summed E-state index contributed by atoms with van der Waals surface area (Å²) in [7, 11) is 1.66. The van der Waals surface area contributed by atoms with Crippen molar-refractivity contribution in [2.75, 3.05) is 26.7 Å². The SMILES string of the molecule is CCN(CC)[C@H](CNC(=O)C[C@H]1c2ccccc2C=CN1C(C)=O)c1cccc(OC)c1. The highest BCUT2D eigenvalue weighted by Crippen LogP contribution is 2.33. The predicted octanol–water partition coefficient (Wildman–Crippen LogP) is 4.16. The molecule has 2 atom stereocenters. The van der Waals surface area contributed by atoms with Crippen LogP contribution >= 0.6 is 0 Å². The van der Waals surface area contributed by atoms with Crippen LogP contribution in [0.3, 0.4) is 0 Å². The summed E-state index contributed by atoms with van der Waals surface area (Å²) in [6, 6.07) is 15.6. The zero-order valence-corrected chi connectivity index (χ0v) is 19.4. The van der Waals surface area contributed by atoms with E-state index < -0.39 is 0 Å². The number of benzene rings is 2. The molecule has 1 heterocycles. The van der Waals surface area contributed by atoms with Crippen LogP contribution in [-0.4, -0.2) is 48.4 Å². The molecule has 0 unspecified atom stereocenters. The van der Waals surface area contributed by atoms with Gasteiger partial charge >= 0.3 is 0 Å². The second kappa shape index (κ2) is 11.0. The standard InChI is InChI=1S/C26H33N3O3/c1-5-28(6-2)25(21-11-9-12-22(16-21)32-4)18-27-26(31)17-24-23-13-8-7-10-20(23)14-15-29(24)19(3)30/h7-16,24-25H,5-6,17-18H2,1-4H3,(H,27,31)/t24-,25+/m0/s1. The van der Waals surface area contributed by atoms with Crippen LogP contribution < -0.4 is 10.1 Å². The number of amides is 2. The Morgan fingerprint density at radius 2 is 1.88 bits per heavy atom. The number of ether oxygens (including phenoxy) is 1. The van der Waals surface area contributed by atoms with E-state index in [1.807, 2.05) is 48.5 Å². The molecule has 0 aromatic heterocycles. The lowest BCUT2D eigenvalue weighted by atomic mass is 9.93. The molecule has 32 heavy (non-hydrogen) atoms. The second-order valence-electron chi connectivity index (χ2n) is 7.91. The molecule has 0 saturated heterocycles. The average molecular weight is 436 g/mol. The maximum absolute atomic E-state index is 13.0. The Kier molecular flexibility index (Phi) is 8.06. The highest BCUT2D eigenvalue weighted by atomic mass is 16.5. The molecular weight excluding hydrogens is 402 g/mol. The fraction of sp³-hybridized carbons (Fsp3) is 0.385. The maximum Gasteiger partial charge on any atom is 0.223 e. The smallest absolute Gasteiger partial charge is 0.223 e. The van der Waals surface area contributed by atoms with Gasteiger partial charge in [-0.05, 0) is 48.0 Å². The first kappa shape index (κ1) is 23.5. The van der Waals surface area contributed by atoms with E-state index in [9.17, 15) is 9.59 Å². The van der Waals surface area contributed by atoms with Crippen LogP contribution in [0, 0.1) is 0 Å². The predicted molar refractivity (Wildman–Crippen MR) is 127 cm³/mol. The number of nitrogens with one attached hydrogen (secondary N) is 1. The molecule has 0 saturated carbocycles. The zero-order chi connectivity index (χ0) is 23.1. The van der Waals surface area contributed by atoms with Gasteiger partial charge in [0.1, 0.15) is 5.75 Å². The second-order valence-corrected chi connectivity index (χ2v) is 7.91. The van der Waals surface area contributed by atoms with Crippen LogP contribution in [-0.2, 0) is 9.59 Å². The number of likely N-dealkylation sites (N-methyl/N-ethyl adjacent to an activating group) is 1. The Hall–Kier alpha value is -3.12. The summed E-state index contributed by atoms with van der Waals surface area (Å²) in [4.78, 5) is 29.2. The van der Waals surface area contributed by atoms with Crippen molar-refractivity contribution in [2.45, 2.75) is 39.3 Å². The summed E-state index contributed by atoms with van der Waals surface area (Å²) >= 11 is 0. The molecule has 3 rings (SSSR count). The lowest BCUT2D eigenvalue weighted by Gasteiger charge is -2.33.